The Kier molecular flexibility index (Phi) is 3.72. The van der Waals surface area contributed by atoms with Crippen LogP contribution < -0.4 is 0 Å². The topological polar surface area (TPSA) is 50.5 Å². The van der Waals surface area contributed by atoms with E-state index in [1.54, 1.807) is 23.1 Å². The minimum atomic E-state index is -0.338. The molecule has 3 aromatic rings. The van der Waals surface area contributed by atoms with Gasteiger partial charge in [0.1, 0.15) is 5.82 Å². The van der Waals surface area contributed by atoms with Crippen LogP contribution in [0.1, 0.15) is 30.3 Å². The van der Waals surface area contributed by atoms with Gasteiger partial charge in [-0.3, -0.25) is 9.20 Å². The Morgan fingerprint density at radius 1 is 1.17 bits per heavy atom. The highest BCUT2D eigenvalue weighted by atomic mass is 19.1. The van der Waals surface area contributed by atoms with E-state index in [2.05, 4.69) is 10.2 Å². The zero-order valence-corrected chi connectivity index (χ0v) is 13.1. The molecule has 0 bridgehead atoms. The molecular formula is C18H17FN4O. The molecule has 1 aliphatic heterocycles. The fourth-order valence-electron chi connectivity index (χ4n) is 3.33. The predicted octanol–water partition coefficient (Wildman–Crippen LogP) is 2.77. The summed E-state index contributed by atoms with van der Waals surface area (Å²) in [5.41, 5.74) is 1.19. The van der Waals surface area contributed by atoms with Gasteiger partial charge in [-0.25, -0.2) is 4.39 Å². The molecule has 0 aliphatic carbocycles. The minimum absolute atomic E-state index is 0.0694. The van der Waals surface area contributed by atoms with E-state index < -0.39 is 0 Å². The van der Waals surface area contributed by atoms with Crippen molar-refractivity contribution in [2.24, 2.45) is 0 Å². The van der Waals surface area contributed by atoms with Crippen molar-refractivity contribution >= 4 is 11.6 Å². The summed E-state index contributed by atoms with van der Waals surface area (Å²) in [6.45, 7) is 0.666. The molecule has 0 saturated carbocycles. The van der Waals surface area contributed by atoms with Gasteiger partial charge in [0.15, 0.2) is 11.5 Å². The first-order chi connectivity index (χ1) is 11.7. The van der Waals surface area contributed by atoms with Crippen LogP contribution in [-0.4, -0.2) is 31.9 Å². The molecule has 1 unspecified atom stereocenters. The Morgan fingerprint density at radius 3 is 2.88 bits per heavy atom. The molecule has 0 spiro atoms. The molecule has 1 aromatic carbocycles. The third kappa shape index (κ3) is 2.54. The van der Waals surface area contributed by atoms with E-state index in [1.807, 2.05) is 28.8 Å². The Balaban J connectivity index is 1.61. The molecule has 0 radical (unpaired) electrons. The third-order valence-corrected chi connectivity index (χ3v) is 4.51. The number of pyridine rings is 1. The summed E-state index contributed by atoms with van der Waals surface area (Å²) in [6.07, 6.45) is 3.73. The van der Waals surface area contributed by atoms with Crippen LogP contribution in [0, 0.1) is 5.82 Å². The van der Waals surface area contributed by atoms with Crippen molar-refractivity contribution in [2.75, 3.05) is 6.54 Å². The number of hydrogen-bond acceptors (Lipinski definition) is 3. The highest BCUT2D eigenvalue weighted by Crippen LogP contribution is 2.31. The van der Waals surface area contributed by atoms with E-state index in [-0.39, 0.29) is 24.2 Å². The number of benzene rings is 1. The number of fused-ring (bicyclic) bond motifs is 1. The fourth-order valence-corrected chi connectivity index (χ4v) is 3.33. The second-order valence-corrected chi connectivity index (χ2v) is 6.00. The van der Waals surface area contributed by atoms with Crippen LogP contribution in [0.2, 0.25) is 0 Å². The molecule has 0 N–H and O–H groups in total. The van der Waals surface area contributed by atoms with Gasteiger partial charge in [0.2, 0.25) is 5.91 Å². The molecule has 1 saturated heterocycles. The van der Waals surface area contributed by atoms with Gasteiger partial charge < -0.3 is 4.90 Å². The Morgan fingerprint density at radius 2 is 2.00 bits per heavy atom. The minimum Gasteiger partial charge on any atom is -0.332 e. The summed E-state index contributed by atoms with van der Waals surface area (Å²) in [4.78, 5) is 14.5. The lowest BCUT2D eigenvalue weighted by Gasteiger charge is -2.23. The van der Waals surface area contributed by atoms with Crippen molar-refractivity contribution in [2.45, 2.75) is 25.3 Å². The summed E-state index contributed by atoms with van der Waals surface area (Å²) < 4.78 is 15.7. The molecule has 1 aliphatic rings. The molecule has 3 heterocycles. The zero-order chi connectivity index (χ0) is 16.5. The molecule has 1 fully saturated rings. The van der Waals surface area contributed by atoms with Gasteiger partial charge in [0.25, 0.3) is 0 Å². The quantitative estimate of drug-likeness (QED) is 0.744. The van der Waals surface area contributed by atoms with Crippen LogP contribution in [0.25, 0.3) is 5.65 Å². The zero-order valence-electron chi connectivity index (χ0n) is 13.1. The van der Waals surface area contributed by atoms with Crippen LogP contribution in [0.15, 0.2) is 48.7 Å². The number of amides is 1. The molecule has 1 amide bonds. The second-order valence-electron chi connectivity index (χ2n) is 6.00. The van der Waals surface area contributed by atoms with Gasteiger partial charge in [-0.2, -0.15) is 0 Å². The van der Waals surface area contributed by atoms with Crippen molar-refractivity contribution in [3.8, 4) is 0 Å². The van der Waals surface area contributed by atoms with Crippen molar-refractivity contribution < 1.29 is 9.18 Å². The predicted molar refractivity (Wildman–Crippen MR) is 86.8 cm³/mol. The lowest BCUT2D eigenvalue weighted by molar-refractivity contribution is -0.131. The molecule has 5 nitrogen and oxygen atoms in total. The van der Waals surface area contributed by atoms with Crippen molar-refractivity contribution in [3.63, 3.8) is 0 Å². The number of carbonyl (C=O) groups is 1. The first kappa shape index (κ1) is 14.8. The van der Waals surface area contributed by atoms with E-state index in [4.69, 9.17) is 0 Å². The number of nitrogens with zero attached hydrogens (tertiary/aromatic N) is 4. The molecule has 1 atom stereocenters. The number of halogens is 1. The lowest BCUT2D eigenvalue weighted by atomic mass is 10.1. The Labute approximate surface area is 138 Å². The SMILES string of the molecule is O=C(Cc1ccccc1F)N1CCCC1c1nnc2ccccn12. The highest BCUT2D eigenvalue weighted by Gasteiger charge is 2.33. The van der Waals surface area contributed by atoms with Crippen molar-refractivity contribution in [3.05, 3.63) is 65.9 Å². The number of carbonyl (C=O) groups excluding carboxylic acids is 1. The molecule has 2 aromatic heterocycles. The second kappa shape index (κ2) is 6.03. The van der Waals surface area contributed by atoms with Crippen LogP contribution in [0.3, 0.4) is 0 Å². The highest BCUT2D eigenvalue weighted by molar-refractivity contribution is 5.79. The standard InChI is InChI=1S/C18H17FN4O/c19-14-7-2-1-6-13(14)12-17(24)22-11-5-8-15(22)18-21-20-16-9-3-4-10-23(16)18/h1-4,6-7,9-10,15H,5,8,11-12H2. The molecular weight excluding hydrogens is 307 g/mol. The number of aromatic nitrogens is 3. The maximum absolute atomic E-state index is 13.8. The average molecular weight is 324 g/mol. The summed E-state index contributed by atoms with van der Waals surface area (Å²) >= 11 is 0. The Bertz CT molecular complexity index is 891. The number of hydrogen-bond donors (Lipinski definition) is 0. The van der Waals surface area contributed by atoms with Crippen molar-refractivity contribution in [1.82, 2.24) is 19.5 Å². The summed E-state index contributed by atoms with van der Waals surface area (Å²) in [5, 5.41) is 8.45. The van der Waals surface area contributed by atoms with E-state index in [0.29, 0.717) is 12.1 Å². The van der Waals surface area contributed by atoms with Crippen LogP contribution in [0.5, 0.6) is 0 Å². The van der Waals surface area contributed by atoms with Gasteiger partial charge in [0.05, 0.1) is 12.5 Å². The molecule has 6 heteroatoms. The van der Waals surface area contributed by atoms with Gasteiger partial charge >= 0.3 is 0 Å². The summed E-state index contributed by atoms with van der Waals surface area (Å²) in [6, 6.07) is 12.0. The van der Waals surface area contributed by atoms with E-state index in [9.17, 15) is 9.18 Å². The van der Waals surface area contributed by atoms with Crippen LogP contribution >= 0.6 is 0 Å². The fraction of sp³-hybridized carbons (Fsp3) is 0.278. The molecule has 4 rings (SSSR count). The third-order valence-electron chi connectivity index (χ3n) is 4.51. The lowest BCUT2D eigenvalue weighted by Crippen LogP contribution is -2.33. The Hall–Kier alpha value is -2.76. The van der Waals surface area contributed by atoms with Crippen LogP contribution in [-0.2, 0) is 11.2 Å². The van der Waals surface area contributed by atoms with Gasteiger partial charge in [-0.05, 0) is 36.6 Å². The number of likely N-dealkylation sites (tertiary alicyclic amines) is 1. The van der Waals surface area contributed by atoms with E-state index >= 15 is 0 Å². The maximum atomic E-state index is 13.8. The van der Waals surface area contributed by atoms with Crippen LogP contribution in [0.4, 0.5) is 4.39 Å². The van der Waals surface area contributed by atoms with E-state index in [1.165, 1.54) is 6.07 Å². The summed E-state index contributed by atoms with van der Waals surface area (Å²) in [7, 11) is 0. The van der Waals surface area contributed by atoms with Gasteiger partial charge in [0, 0.05) is 12.7 Å². The smallest absolute Gasteiger partial charge is 0.227 e. The largest absolute Gasteiger partial charge is 0.332 e. The molecule has 24 heavy (non-hydrogen) atoms. The first-order valence-electron chi connectivity index (χ1n) is 8.06. The first-order valence-corrected chi connectivity index (χ1v) is 8.06. The van der Waals surface area contributed by atoms with E-state index in [0.717, 1.165) is 24.3 Å². The van der Waals surface area contributed by atoms with Gasteiger partial charge in [-0.15, -0.1) is 10.2 Å². The summed E-state index contributed by atoms with van der Waals surface area (Å²) in [5.74, 6) is 0.356. The molecule has 122 valence electrons. The normalized spacial score (nSPS) is 17.5. The van der Waals surface area contributed by atoms with Gasteiger partial charge in [-0.1, -0.05) is 24.3 Å². The monoisotopic (exact) mass is 324 g/mol. The maximum Gasteiger partial charge on any atom is 0.227 e. The van der Waals surface area contributed by atoms with Crippen molar-refractivity contribution in [1.29, 1.82) is 0 Å². The average Bonchev–Trinajstić information content (AvgIpc) is 3.23. The number of rotatable bonds is 3.